The van der Waals surface area contributed by atoms with Gasteiger partial charge in [0.25, 0.3) is 0 Å². The molecular weight excluding hydrogens is 421 g/mol. The van der Waals surface area contributed by atoms with Crippen molar-refractivity contribution in [3.05, 3.63) is 46.2 Å². The van der Waals surface area contributed by atoms with Crippen molar-refractivity contribution in [1.29, 1.82) is 0 Å². The zero-order valence-electron chi connectivity index (χ0n) is 16.9. The molecule has 0 aliphatic carbocycles. The summed E-state index contributed by atoms with van der Waals surface area (Å²) in [5.41, 5.74) is 0.0789. The zero-order chi connectivity index (χ0) is 22.6. The molecule has 162 valence electrons. The molecule has 0 aliphatic heterocycles. The second-order valence-electron chi connectivity index (χ2n) is 7.13. The largest absolute Gasteiger partial charge is 0.416 e. The van der Waals surface area contributed by atoms with Gasteiger partial charge >= 0.3 is 6.18 Å². The SMILES string of the molecule is CC(=O)Nc1ccc(C(F)(F)F)cc1NC(=O)C=Cc1c(C)nn(CC(C)C)c1Cl. The highest BCUT2D eigenvalue weighted by molar-refractivity contribution is 6.31. The lowest BCUT2D eigenvalue weighted by Crippen LogP contribution is -2.15. The minimum Gasteiger partial charge on any atom is -0.325 e. The number of rotatable bonds is 6. The number of amides is 2. The minimum atomic E-state index is -4.60. The Labute approximate surface area is 177 Å². The smallest absolute Gasteiger partial charge is 0.325 e. The normalized spacial score (nSPS) is 11.9. The number of nitrogens with zero attached hydrogens (tertiary/aromatic N) is 2. The first-order chi connectivity index (χ1) is 13.9. The molecule has 6 nitrogen and oxygen atoms in total. The highest BCUT2D eigenvalue weighted by Crippen LogP contribution is 2.34. The monoisotopic (exact) mass is 442 g/mol. The van der Waals surface area contributed by atoms with Crippen LogP contribution in [0.25, 0.3) is 6.08 Å². The molecule has 0 unspecified atom stereocenters. The van der Waals surface area contributed by atoms with Gasteiger partial charge in [0.05, 0.1) is 22.6 Å². The van der Waals surface area contributed by atoms with Crippen molar-refractivity contribution in [3.63, 3.8) is 0 Å². The van der Waals surface area contributed by atoms with Crippen molar-refractivity contribution in [2.24, 2.45) is 5.92 Å². The van der Waals surface area contributed by atoms with Crippen LogP contribution in [0.4, 0.5) is 24.5 Å². The Morgan fingerprint density at radius 1 is 1.23 bits per heavy atom. The van der Waals surface area contributed by atoms with E-state index in [-0.39, 0.29) is 11.4 Å². The topological polar surface area (TPSA) is 76.0 Å². The Hall–Kier alpha value is -2.81. The van der Waals surface area contributed by atoms with Crippen molar-refractivity contribution >= 4 is 40.9 Å². The number of hydrogen-bond donors (Lipinski definition) is 2. The van der Waals surface area contributed by atoms with Gasteiger partial charge in [0.15, 0.2) is 0 Å². The number of aromatic nitrogens is 2. The van der Waals surface area contributed by atoms with Crippen LogP contribution in [0.3, 0.4) is 0 Å². The molecule has 30 heavy (non-hydrogen) atoms. The predicted molar refractivity (Wildman–Crippen MR) is 110 cm³/mol. The van der Waals surface area contributed by atoms with E-state index in [1.807, 2.05) is 13.8 Å². The molecule has 0 spiro atoms. The van der Waals surface area contributed by atoms with Crippen LogP contribution in [0.1, 0.15) is 37.6 Å². The summed E-state index contributed by atoms with van der Waals surface area (Å²) < 4.78 is 40.7. The quantitative estimate of drug-likeness (QED) is 0.609. The molecule has 0 radical (unpaired) electrons. The first-order valence-electron chi connectivity index (χ1n) is 9.09. The van der Waals surface area contributed by atoms with Crippen LogP contribution >= 0.6 is 11.6 Å². The number of anilines is 2. The van der Waals surface area contributed by atoms with Gasteiger partial charge < -0.3 is 10.6 Å². The van der Waals surface area contributed by atoms with E-state index in [0.717, 1.165) is 24.3 Å². The van der Waals surface area contributed by atoms with E-state index in [2.05, 4.69) is 15.7 Å². The first kappa shape index (κ1) is 23.5. The Balaban J connectivity index is 2.27. The van der Waals surface area contributed by atoms with E-state index in [9.17, 15) is 22.8 Å². The van der Waals surface area contributed by atoms with Gasteiger partial charge in [0, 0.05) is 25.1 Å². The van der Waals surface area contributed by atoms with Gasteiger partial charge in [0.2, 0.25) is 11.8 Å². The van der Waals surface area contributed by atoms with Gasteiger partial charge in [-0.15, -0.1) is 0 Å². The molecule has 1 aromatic carbocycles. The highest BCUT2D eigenvalue weighted by atomic mass is 35.5. The van der Waals surface area contributed by atoms with Crippen LogP contribution in [0.5, 0.6) is 0 Å². The number of hydrogen-bond acceptors (Lipinski definition) is 3. The van der Waals surface area contributed by atoms with Gasteiger partial charge in [0.1, 0.15) is 5.15 Å². The van der Waals surface area contributed by atoms with Crippen molar-refractivity contribution in [2.45, 2.75) is 40.4 Å². The number of nitrogens with one attached hydrogen (secondary N) is 2. The van der Waals surface area contributed by atoms with Crippen molar-refractivity contribution in [3.8, 4) is 0 Å². The van der Waals surface area contributed by atoms with Crippen molar-refractivity contribution in [1.82, 2.24) is 9.78 Å². The lowest BCUT2D eigenvalue weighted by atomic mass is 10.1. The molecule has 0 aliphatic rings. The molecule has 2 amide bonds. The van der Waals surface area contributed by atoms with Crippen molar-refractivity contribution < 1.29 is 22.8 Å². The summed E-state index contributed by atoms with van der Waals surface area (Å²) in [5, 5.41) is 9.45. The fourth-order valence-electron chi connectivity index (χ4n) is 2.68. The maximum absolute atomic E-state index is 13.0. The summed E-state index contributed by atoms with van der Waals surface area (Å²) in [7, 11) is 0. The lowest BCUT2D eigenvalue weighted by Gasteiger charge is -2.14. The summed E-state index contributed by atoms with van der Waals surface area (Å²) >= 11 is 6.32. The van der Waals surface area contributed by atoms with Crippen LogP contribution in [-0.2, 0) is 22.3 Å². The predicted octanol–water partition coefficient (Wildman–Crippen LogP) is 5.13. The lowest BCUT2D eigenvalue weighted by molar-refractivity contribution is -0.137. The van der Waals surface area contributed by atoms with E-state index >= 15 is 0 Å². The number of carbonyl (C=O) groups excluding carboxylic acids is 2. The zero-order valence-corrected chi connectivity index (χ0v) is 17.6. The number of aryl methyl sites for hydroxylation is 1. The maximum Gasteiger partial charge on any atom is 0.416 e. The minimum absolute atomic E-state index is 0.0521. The second-order valence-corrected chi connectivity index (χ2v) is 7.49. The molecule has 2 N–H and O–H groups in total. The molecule has 2 aromatic rings. The van der Waals surface area contributed by atoms with E-state index in [1.54, 1.807) is 11.6 Å². The molecule has 1 aromatic heterocycles. The Kier molecular flexibility index (Phi) is 7.30. The Morgan fingerprint density at radius 2 is 1.90 bits per heavy atom. The summed E-state index contributed by atoms with van der Waals surface area (Å²) in [5.74, 6) is -0.858. The van der Waals surface area contributed by atoms with Crippen LogP contribution in [0.15, 0.2) is 24.3 Å². The Morgan fingerprint density at radius 3 is 2.47 bits per heavy atom. The van der Waals surface area contributed by atoms with Gasteiger partial charge in [-0.3, -0.25) is 14.3 Å². The third-order valence-corrected chi connectivity index (χ3v) is 4.36. The van der Waals surface area contributed by atoms with E-state index in [1.165, 1.54) is 13.0 Å². The number of halogens is 4. The van der Waals surface area contributed by atoms with Crippen LogP contribution < -0.4 is 10.6 Å². The molecular formula is C20H22ClF3N4O2. The van der Waals surface area contributed by atoms with E-state index in [4.69, 9.17) is 11.6 Å². The van der Waals surface area contributed by atoms with Gasteiger partial charge in [-0.2, -0.15) is 18.3 Å². The molecule has 0 bridgehead atoms. The molecule has 0 fully saturated rings. The van der Waals surface area contributed by atoms with Crippen LogP contribution in [0.2, 0.25) is 5.15 Å². The Bertz CT molecular complexity index is 981. The number of carbonyl (C=O) groups is 2. The molecule has 0 saturated carbocycles. The van der Waals surface area contributed by atoms with E-state index < -0.39 is 23.6 Å². The number of benzene rings is 1. The van der Waals surface area contributed by atoms with Crippen LogP contribution in [-0.4, -0.2) is 21.6 Å². The summed E-state index contributed by atoms with van der Waals surface area (Å²) in [6, 6.07) is 2.67. The standard InChI is InChI=1S/C20H22ClF3N4O2/c1-11(2)10-28-19(21)15(12(3)27-28)6-8-18(30)26-17-9-14(20(22,23)24)5-7-16(17)25-13(4)29/h5-9,11H,10H2,1-4H3,(H,25,29)(H,26,30). The fourth-order valence-corrected chi connectivity index (χ4v) is 2.99. The number of alkyl halides is 3. The highest BCUT2D eigenvalue weighted by Gasteiger charge is 2.31. The average molecular weight is 443 g/mol. The van der Waals surface area contributed by atoms with Gasteiger partial charge in [-0.1, -0.05) is 25.4 Å². The molecule has 2 rings (SSSR count). The molecule has 0 saturated heterocycles. The molecule has 10 heteroatoms. The summed E-state index contributed by atoms with van der Waals surface area (Å²) in [6.45, 7) is 7.57. The summed E-state index contributed by atoms with van der Waals surface area (Å²) in [6.07, 6.45) is -2.00. The average Bonchev–Trinajstić information content (AvgIpc) is 2.86. The van der Waals surface area contributed by atoms with Crippen LogP contribution in [0, 0.1) is 12.8 Å². The molecule has 1 heterocycles. The van der Waals surface area contributed by atoms with Gasteiger partial charge in [-0.25, -0.2) is 0 Å². The maximum atomic E-state index is 13.0. The second kappa shape index (κ2) is 9.34. The third kappa shape index (κ3) is 6.09. The van der Waals surface area contributed by atoms with E-state index in [0.29, 0.717) is 28.9 Å². The first-order valence-corrected chi connectivity index (χ1v) is 9.47. The molecule has 0 atom stereocenters. The van der Waals surface area contributed by atoms with Gasteiger partial charge in [-0.05, 0) is 37.1 Å². The summed E-state index contributed by atoms with van der Waals surface area (Å²) in [4.78, 5) is 23.6. The van der Waals surface area contributed by atoms with Crippen molar-refractivity contribution in [2.75, 3.05) is 10.6 Å². The third-order valence-electron chi connectivity index (χ3n) is 3.96. The fraction of sp³-hybridized carbons (Fsp3) is 0.350.